The van der Waals surface area contributed by atoms with E-state index in [1.165, 1.54) is 6.07 Å². The Morgan fingerprint density at radius 2 is 2.20 bits per heavy atom. The number of aryl methyl sites for hydroxylation is 2. The molecule has 0 saturated carbocycles. The van der Waals surface area contributed by atoms with E-state index in [4.69, 9.17) is 0 Å². The van der Waals surface area contributed by atoms with Crippen LogP contribution in [0.5, 0.6) is 0 Å². The smallest absolute Gasteiger partial charge is 0.132 e. The Labute approximate surface area is 88.2 Å². The molecule has 1 aromatic carbocycles. The van der Waals surface area contributed by atoms with E-state index in [9.17, 15) is 4.39 Å². The minimum absolute atomic E-state index is 0.207. The minimum atomic E-state index is -0.207. The Bertz CT molecular complexity index is 474. The molecule has 0 aliphatic heterocycles. The van der Waals surface area contributed by atoms with E-state index in [1.54, 1.807) is 12.3 Å². The normalized spacial score (nSPS) is 10.6. The van der Waals surface area contributed by atoms with Gasteiger partial charge in [-0.05, 0) is 24.6 Å². The quantitative estimate of drug-likeness (QED) is 0.800. The lowest BCUT2D eigenvalue weighted by atomic mass is 10.1. The second-order valence-corrected chi connectivity index (χ2v) is 3.58. The van der Waals surface area contributed by atoms with Crippen LogP contribution in [0, 0.1) is 12.7 Å². The average Bonchev–Trinajstić information content (AvgIpc) is 2.66. The van der Waals surface area contributed by atoms with Crippen LogP contribution < -0.4 is 0 Å². The maximum Gasteiger partial charge on any atom is 0.132 e. The molecule has 3 heteroatoms. The summed E-state index contributed by atoms with van der Waals surface area (Å²) in [5.74, 6) is 0.672. The fourth-order valence-corrected chi connectivity index (χ4v) is 1.52. The van der Waals surface area contributed by atoms with Gasteiger partial charge >= 0.3 is 0 Å². The molecular formula is C12H13FN2. The van der Waals surface area contributed by atoms with Crippen molar-refractivity contribution in [2.75, 3.05) is 0 Å². The van der Waals surface area contributed by atoms with Crippen molar-refractivity contribution >= 4 is 0 Å². The van der Waals surface area contributed by atoms with Gasteiger partial charge in [-0.15, -0.1) is 0 Å². The van der Waals surface area contributed by atoms with Crippen molar-refractivity contribution in [3.8, 4) is 11.3 Å². The van der Waals surface area contributed by atoms with E-state index in [0.717, 1.165) is 23.5 Å². The van der Waals surface area contributed by atoms with Crippen LogP contribution in [-0.4, -0.2) is 9.97 Å². The summed E-state index contributed by atoms with van der Waals surface area (Å²) in [6, 6.07) is 5.20. The molecule has 0 saturated heterocycles. The topological polar surface area (TPSA) is 28.7 Å². The first kappa shape index (κ1) is 9.90. The van der Waals surface area contributed by atoms with Gasteiger partial charge < -0.3 is 4.98 Å². The number of nitrogens with one attached hydrogen (secondary N) is 1. The Balaban J connectivity index is 2.44. The van der Waals surface area contributed by atoms with Crippen molar-refractivity contribution in [3.05, 3.63) is 41.6 Å². The van der Waals surface area contributed by atoms with Crippen LogP contribution in [-0.2, 0) is 6.42 Å². The predicted octanol–water partition coefficient (Wildman–Crippen LogP) is 3.09. The third-order valence-electron chi connectivity index (χ3n) is 2.38. The first-order chi connectivity index (χ1) is 7.20. The molecule has 1 aromatic heterocycles. The van der Waals surface area contributed by atoms with Crippen molar-refractivity contribution in [2.45, 2.75) is 20.3 Å². The third kappa shape index (κ3) is 1.91. The lowest BCUT2D eigenvalue weighted by molar-refractivity contribution is 0.629. The molecule has 0 aliphatic carbocycles. The molecule has 0 aliphatic rings. The summed E-state index contributed by atoms with van der Waals surface area (Å²) in [6.45, 7) is 3.88. The van der Waals surface area contributed by atoms with Crippen molar-refractivity contribution in [3.63, 3.8) is 0 Å². The number of halogens is 1. The number of hydrogen-bond donors (Lipinski definition) is 1. The van der Waals surface area contributed by atoms with E-state index in [2.05, 4.69) is 9.97 Å². The zero-order valence-corrected chi connectivity index (χ0v) is 8.84. The zero-order valence-electron chi connectivity index (χ0n) is 8.84. The number of hydrogen-bond acceptors (Lipinski definition) is 1. The Morgan fingerprint density at radius 3 is 2.80 bits per heavy atom. The van der Waals surface area contributed by atoms with E-state index < -0.39 is 0 Å². The van der Waals surface area contributed by atoms with Gasteiger partial charge in [0.1, 0.15) is 11.6 Å². The number of H-pyrrole nitrogens is 1. The van der Waals surface area contributed by atoms with Crippen LogP contribution in [0.2, 0.25) is 0 Å². The van der Waals surface area contributed by atoms with Crippen LogP contribution in [0.1, 0.15) is 18.3 Å². The van der Waals surface area contributed by atoms with E-state index >= 15 is 0 Å². The highest BCUT2D eigenvalue weighted by atomic mass is 19.1. The summed E-state index contributed by atoms with van der Waals surface area (Å²) in [6.07, 6.45) is 2.50. The summed E-state index contributed by atoms with van der Waals surface area (Å²) < 4.78 is 13.6. The maximum atomic E-state index is 13.6. The largest absolute Gasteiger partial charge is 0.342 e. The summed E-state index contributed by atoms with van der Waals surface area (Å²) in [5, 5.41) is 0. The Kier molecular flexibility index (Phi) is 2.54. The van der Waals surface area contributed by atoms with Gasteiger partial charge in [-0.1, -0.05) is 13.0 Å². The van der Waals surface area contributed by atoms with Crippen molar-refractivity contribution < 1.29 is 4.39 Å². The fourth-order valence-electron chi connectivity index (χ4n) is 1.52. The molecule has 2 aromatic rings. The summed E-state index contributed by atoms with van der Waals surface area (Å²) in [7, 11) is 0. The molecule has 0 atom stereocenters. The van der Waals surface area contributed by atoms with Gasteiger partial charge in [0.2, 0.25) is 0 Å². The van der Waals surface area contributed by atoms with Gasteiger partial charge in [0.15, 0.2) is 0 Å². The highest BCUT2D eigenvalue weighted by Crippen LogP contribution is 2.21. The van der Waals surface area contributed by atoms with Crippen molar-refractivity contribution in [1.82, 2.24) is 9.97 Å². The van der Waals surface area contributed by atoms with Crippen LogP contribution in [0.4, 0.5) is 4.39 Å². The number of benzene rings is 1. The van der Waals surface area contributed by atoms with Crippen LogP contribution in [0.15, 0.2) is 24.4 Å². The van der Waals surface area contributed by atoms with Gasteiger partial charge in [0, 0.05) is 12.0 Å². The number of nitrogens with zero attached hydrogens (tertiary/aromatic N) is 1. The Morgan fingerprint density at radius 1 is 1.40 bits per heavy atom. The SMILES string of the molecule is CCc1ncc(-c2ccc(C)cc2F)[nH]1. The maximum absolute atomic E-state index is 13.6. The molecule has 0 spiro atoms. The number of aromatic nitrogens is 2. The molecule has 2 nitrogen and oxygen atoms in total. The average molecular weight is 204 g/mol. The molecule has 78 valence electrons. The highest BCUT2D eigenvalue weighted by molar-refractivity contribution is 5.59. The van der Waals surface area contributed by atoms with Crippen LogP contribution >= 0.6 is 0 Å². The highest BCUT2D eigenvalue weighted by Gasteiger charge is 2.07. The number of imidazole rings is 1. The molecule has 1 heterocycles. The summed E-state index contributed by atoms with van der Waals surface area (Å²) in [5.41, 5.74) is 2.24. The van der Waals surface area contributed by atoms with E-state index in [1.807, 2.05) is 19.9 Å². The van der Waals surface area contributed by atoms with E-state index in [0.29, 0.717) is 5.56 Å². The lowest BCUT2D eigenvalue weighted by Gasteiger charge is -2.00. The molecular weight excluding hydrogens is 191 g/mol. The van der Waals surface area contributed by atoms with Crippen molar-refractivity contribution in [2.24, 2.45) is 0 Å². The van der Waals surface area contributed by atoms with Crippen LogP contribution in [0.3, 0.4) is 0 Å². The first-order valence-electron chi connectivity index (χ1n) is 5.01. The summed E-state index contributed by atoms with van der Waals surface area (Å²) in [4.78, 5) is 7.24. The van der Waals surface area contributed by atoms with Crippen LogP contribution in [0.25, 0.3) is 11.3 Å². The lowest BCUT2D eigenvalue weighted by Crippen LogP contribution is -1.87. The second-order valence-electron chi connectivity index (χ2n) is 3.58. The minimum Gasteiger partial charge on any atom is -0.342 e. The van der Waals surface area contributed by atoms with Crippen molar-refractivity contribution in [1.29, 1.82) is 0 Å². The van der Waals surface area contributed by atoms with Gasteiger partial charge in [-0.2, -0.15) is 0 Å². The number of aromatic amines is 1. The third-order valence-corrected chi connectivity index (χ3v) is 2.38. The zero-order chi connectivity index (χ0) is 10.8. The molecule has 0 bridgehead atoms. The first-order valence-corrected chi connectivity index (χ1v) is 5.01. The molecule has 0 unspecified atom stereocenters. The predicted molar refractivity (Wildman–Crippen MR) is 58.1 cm³/mol. The van der Waals surface area contributed by atoms with Gasteiger partial charge in [0.05, 0.1) is 11.9 Å². The van der Waals surface area contributed by atoms with Gasteiger partial charge in [-0.25, -0.2) is 9.37 Å². The fraction of sp³-hybridized carbons (Fsp3) is 0.250. The van der Waals surface area contributed by atoms with Gasteiger partial charge in [-0.3, -0.25) is 0 Å². The van der Waals surface area contributed by atoms with Gasteiger partial charge in [0.25, 0.3) is 0 Å². The molecule has 0 amide bonds. The summed E-state index contributed by atoms with van der Waals surface area (Å²) >= 11 is 0. The molecule has 0 radical (unpaired) electrons. The standard InChI is InChI=1S/C12H13FN2/c1-3-12-14-7-11(15-12)9-5-4-8(2)6-10(9)13/h4-7H,3H2,1-2H3,(H,14,15). The molecule has 0 fully saturated rings. The molecule has 1 N–H and O–H groups in total. The second kappa shape index (κ2) is 3.85. The van der Waals surface area contributed by atoms with E-state index in [-0.39, 0.29) is 5.82 Å². The molecule has 15 heavy (non-hydrogen) atoms. The molecule has 2 rings (SSSR count). The Hall–Kier alpha value is -1.64. The monoisotopic (exact) mass is 204 g/mol. The number of rotatable bonds is 2.